The van der Waals surface area contributed by atoms with E-state index in [1.807, 2.05) is 0 Å². The maximum Gasteiger partial charge on any atom is 0.0343 e. The molecule has 4 aliphatic rings. The Morgan fingerprint density at radius 2 is 1.13 bits per heavy atom. The summed E-state index contributed by atoms with van der Waals surface area (Å²) in [5, 5.41) is 0. The van der Waals surface area contributed by atoms with E-state index in [9.17, 15) is 0 Å². The molecule has 0 bridgehead atoms. The molecule has 3 fully saturated rings. The van der Waals surface area contributed by atoms with Crippen molar-refractivity contribution in [2.75, 3.05) is 39.3 Å². The number of hydrogen-bond donors (Lipinski definition) is 0. The normalized spacial score (nSPS) is 31.0. The van der Waals surface area contributed by atoms with E-state index in [2.05, 4.69) is 14.7 Å². The monoisotopic (exact) mass is 317 g/mol. The molecule has 3 aliphatic heterocycles. The number of hydrogen-bond acceptors (Lipinski definition) is 3. The number of nitrogens with zero attached hydrogens (tertiary/aromatic N) is 3. The van der Waals surface area contributed by atoms with Crippen molar-refractivity contribution in [3.63, 3.8) is 0 Å². The topological polar surface area (TPSA) is 9.72 Å². The fraction of sp³-hybridized carbons (Fsp3) is 0.900. The van der Waals surface area contributed by atoms with Crippen molar-refractivity contribution in [3.8, 4) is 0 Å². The van der Waals surface area contributed by atoms with Crippen LogP contribution in [0.1, 0.15) is 70.6 Å². The second-order valence-corrected chi connectivity index (χ2v) is 8.13. The molecular weight excluding hydrogens is 282 g/mol. The first-order chi connectivity index (χ1) is 11.4. The third kappa shape index (κ3) is 3.55. The third-order valence-electron chi connectivity index (χ3n) is 6.60. The SMILES string of the molecule is C1CCC(N2CCCC2)CC(N2CCCC2)=C(N2CCCC2)C1. The van der Waals surface area contributed by atoms with Crippen molar-refractivity contribution >= 4 is 0 Å². The minimum absolute atomic E-state index is 0.825. The lowest BCUT2D eigenvalue weighted by molar-refractivity contribution is 0.201. The molecule has 3 heteroatoms. The van der Waals surface area contributed by atoms with Gasteiger partial charge in [0.15, 0.2) is 0 Å². The highest BCUT2D eigenvalue weighted by Crippen LogP contribution is 2.34. The summed E-state index contributed by atoms with van der Waals surface area (Å²) in [6, 6.07) is 0.825. The Labute approximate surface area is 142 Å². The van der Waals surface area contributed by atoms with Gasteiger partial charge in [0.05, 0.1) is 0 Å². The predicted octanol–water partition coefficient (Wildman–Crippen LogP) is 3.82. The van der Waals surface area contributed by atoms with Gasteiger partial charge in [-0.25, -0.2) is 0 Å². The average molecular weight is 318 g/mol. The summed E-state index contributed by atoms with van der Waals surface area (Å²) in [5.41, 5.74) is 3.52. The average Bonchev–Trinajstić information content (AvgIpc) is 3.31. The molecule has 0 spiro atoms. The second kappa shape index (κ2) is 7.46. The molecule has 3 nitrogen and oxygen atoms in total. The van der Waals surface area contributed by atoms with Crippen molar-refractivity contribution in [1.29, 1.82) is 0 Å². The van der Waals surface area contributed by atoms with Crippen LogP contribution in [0.15, 0.2) is 11.4 Å². The molecule has 0 radical (unpaired) electrons. The molecule has 4 rings (SSSR count). The molecule has 130 valence electrons. The van der Waals surface area contributed by atoms with Crippen LogP contribution in [0.25, 0.3) is 0 Å². The van der Waals surface area contributed by atoms with Crippen molar-refractivity contribution in [3.05, 3.63) is 11.4 Å². The van der Waals surface area contributed by atoms with E-state index >= 15 is 0 Å². The van der Waals surface area contributed by atoms with Gasteiger partial charge in [0.2, 0.25) is 0 Å². The van der Waals surface area contributed by atoms with Crippen LogP contribution >= 0.6 is 0 Å². The molecule has 0 aromatic carbocycles. The molecule has 0 saturated carbocycles. The molecule has 0 N–H and O–H groups in total. The van der Waals surface area contributed by atoms with Gasteiger partial charge >= 0.3 is 0 Å². The highest BCUT2D eigenvalue weighted by atomic mass is 15.2. The Morgan fingerprint density at radius 3 is 1.78 bits per heavy atom. The predicted molar refractivity (Wildman–Crippen MR) is 96.3 cm³/mol. The fourth-order valence-corrected chi connectivity index (χ4v) is 5.30. The zero-order valence-electron chi connectivity index (χ0n) is 14.9. The molecule has 1 unspecified atom stereocenters. The Hall–Kier alpha value is -0.700. The van der Waals surface area contributed by atoms with E-state index in [0.717, 1.165) is 6.04 Å². The van der Waals surface area contributed by atoms with Crippen molar-refractivity contribution < 1.29 is 0 Å². The van der Waals surface area contributed by atoms with E-state index in [1.165, 1.54) is 110 Å². The summed E-state index contributed by atoms with van der Waals surface area (Å²) in [5.74, 6) is 0. The highest BCUT2D eigenvalue weighted by molar-refractivity contribution is 5.17. The molecule has 1 aliphatic carbocycles. The highest BCUT2D eigenvalue weighted by Gasteiger charge is 2.30. The summed E-state index contributed by atoms with van der Waals surface area (Å²) < 4.78 is 0. The van der Waals surface area contributed by atoms with Crippen LogP contribution in [-0.4, -0.2) is 60.0 Å². The van der Waals surface area contributed by atoms with Crippen LogP contribution in [0, 0.1) is 0 Å². The van der Waals surface area contributed by atoms with Gasteiger partial charge < -0.3 is 9.80 Å². The van der Waals surface area contributed by atoms with E-state index in [0.29, 0.717) is 0 Å². The minimum Gasteiger partial charge on any atom is -0.373 e. The summed E-state index contributed by atoms with van der Waals surface area (Å²) in [4.78, 5) is 8.37. The van der Waals surface area contributed by atoms with Crippen LogP contribution in [-0.2, 0) is 0 Å². The smallest absolute Gasteiger partial charge is 0.0343 e. The van der Waals surface area contributed by atoms with Gasteiger partial charge in [-0.1, -0.05) is 6.42 Å². The van der Waals surface area contributed by atoms with E-state index in [-0.39, 0.29) is 0 Å². The molecule has 1 atom stereocenters. The Bertz CT molecular complexity index is 413. The van der Waals surface area contributed by atoms with Gasteiger partial charge in [-0.2, -0.15) is 0 Å². The standard InChI is InChI=1S/C20H35N3/c1-2-10-19(22-13-5-6-14-22)20(23-15-7-8-16-23)17-18(9-1)21-11-3-4-12-21/h18H,1-17H2. The first kappa shape index (κ1) is 15.8. The van der Waals surface area contributed by atoms with Gasteiger partial charge in [0.1, 0.15) is 0 Å². The Morgan fingerprint density at radius 1 is 0.565 bits per heavy atom. The maximum atomic E-state index is 2.82. The van der Waals surface area contributed by atoms with Crippen LogP contribution in [0.2, 0.25) is 0 Å². The fourth-order valence-electron chi connectivity index (χ4n) is 5.30. The number of allylic oxidation sites excluding steroid dienone is 1. The Balaban J connectivity index is 1.60. The van der Waals surface area contributed by atoms with Crippen molar-refractivity contribution in [2.45, 2.75) is 76.7 Å². The molecule has 3 saturated heterocycles. The lowest BCUT2D eigenvalue weighted by Gasteiger charge is -2.37. The molecule has 3 heterocycles. The van der Waals surface area contributed by atoms with Crippen LogP contribution < -0.4 is 0 Å². The van der Waals surface area contributed by atoms with Crippen LogP contribution in [0.3, 0.4) is 0 Å². The quantitative estimate of drug-likeness (QED) is 0.783. The lowest BCUT2D eigenvalue weighted by atomic mass is 9.95. The first-order valence-corrected chi connectivity index (χ1v) is 10.4. The summed E-state index contributed by atoms with van der Waals surface area (Å²) in [7, 11) is 0. The van der Waals surface area contributed by atoms with Gasteiger partial charge in [0, 0.05) is 50.0 Å². The summed E-state index contributed by atoms with van der Waals surface area (Å²) in [6.07, 6.45) is 15.5. The molecule has 0 aromatic heterocycles. The number of rotatable bonds is 3. The first-order valence-electron chi connectivity index (χ1n) is 10.4. The van der Waals surface area contributed by atoms with Gasteiger partial charge in [-0.05, 0) is 70.9 Å². The van der Waals surface area contributed by atoms with Crippen LogP contribution in [0.5, 0.6) is 0 Å². The van der Waals surface area contributed by atoms with Gasteiger partial charge in [-0.15, -0.1) is 0 Å². The molecular formula is C20H35N3. The van der Waals surface area contributed by atoms with E-state index in [1.54, 1.807) is 11.4 Å². The van der Waals surface area contributed by atoms with E-state index < -0.39 is 0 Å². The number of likely N-dealkylation sites (tertiary alicyclic amines) is 3. The lowest BCUT2D eigenvalue weighted by Crippen LogP contribution is -2.38. The second-order valence-electron chi connectivity index (χ2n) is 8.13. The van der Waals surface area contributed by atoms with Gasteiger partial charge in [-0.3, -0.25) is 4.90 Å². The molecule has 0 aromatic rings. The van der Waals surface area contributed by atoms with Crippen molar-refractivity contribution in [1.82, 2.24) is 14.7 Å². The maximum absolute atomic E-state index is 2.82. The molecule has 23 heavy (non-hydrogen) atoms. The molecule has 0 amide bonds. The van der Waals surface area contributed by atoms with E-state index in [4.69, 9.17) is 0 Å². The largest absolute Gasteiger partial charge is 0.373 e. The summed E-state index contributed by atoms with van der Waals surface area (Å²) in [6.45, 7) is 7.99. The Kier molecular flexibility index (Phi) is 5.13. The zero-order chi connectivity index (χ0) is 15.5. The summed E-state index contributed by atoms with van der Waals surface area (Å²) >= 11 is 0. The third-order valence-corrected chi connectivity index (χ3v) is 6.60. The van der Waals surface area contributed by atoms with Crippen molar-refractivity contribution in [2.24, 2.45) is 0 Å². The zero-order valence-corrected chi connectivity index (χ0v) is 14.9. The van der Waals surface area contributed by atoms with Gasteiger partial charge in [0.25, 0.3) is 0 Å². The van der Waals surface area contributed by atoms with Crippen LogP contribution in [0.4, 0.5) is 0 Å². The minimum atomic E-state index is 0.825.